The Hall–Kier alpha value is -3.37. The Bertz CT molecular complexity index is 1160. The van der Waals surface area contributed by atoms with Gasteiger partial charge in [-0.3, -0.25) is 14.6 Å². The lowest BCUT2D eigenvalue weighted by Crippen LogP contribution is -2.13. The molecule has 9 nitrogen and oxygen atoms in total. The first-order valence-corrected chi connectivity index (χ1v) is 10.3. The lowest BCUT2D eigenvalue weighted by atomic mass is 10.2. The molecule has 10 heteroatoms. The van der Waals surface area contributed by atoms with Crippen LogP contribution < -0.4 is 27.7 Å². The number of fused-ring (bicyclic) bond motifs is 1. The number of nitrogens with zero attached hydrogens (tertiary/aromatic N) is 2. The lowest BCUT2D eigenvalue weighted by Gasteiger charge is -2.14. The van der Waals surface area contributed by atoms with Gasteiger partial charge >= 0.3 is 0 Å². The van der Waals surface area contributed by atoms with Crippen molar-refractivity contribution in [3.63, 3.8) is 0 Å². The molecule has 29 heavy (non-hydrogen) atoms. The highest BCUT2D eigenvalue weighted by molar-refractivity contribution is 7.90. The van der Waals surface area contributed by atoms with Gasteiger partial charge in [0.2, 0.25) is 0 Å². The van der Waals surface area contributed by atoms with Crippen LogP contribution in [0.1, 0.15) is 6.92 Å². The zero-order valence-corrected chi connectivity index (χ0v) is 17.1. The van der Waals surface area contributed by atoms with E-state index >= 15 is 0 Å². The summed E-state index contributed by atoms with van der Waals surface area (Å²) in [5, 5.41) is 9.49. The van der Waals surface area contributed by atoms with Gasteiger partial charge in [-0.25, -0.2) is 4.98 Å². The zero-order chi connectivity index (χ0) is 21.1. The number of benzene rings is 1. The van der Waals surface area contributed by atoms with Crippen LogP contribution in [0.25, 0.3) is 11.0 Å². The number of nitrogens with one attached hydrogen (secondary N) is 3. The van der Waals surface area contributed by atoms with Gasteiger partial charge in [0, 0.05) is 18.8 Å². The molecule has 3 rings (SSSR count). The summed E-state index contributed by atoms with van der Waals surface area (Å²) in [7, 11) is 1.61. The molecule has 152 valence electrons. The van der Waals surface area contributed by atoms with Gasteiger partial charge in [0.15, 0.2) is 10.5 Å². The molecule has 0 fully saturated rings. The second-order valence-corrected chi connectivity index (χ2v) is 7.84. The minimum absolute atomic E-state index is 0.234. The van der Waals surface area contributed by atoms with Crippen molar-refractivity contribution in [3.8, 4) is 0 Å². The van der Waals surface area contributed by atoms with E-state index in [1.807, 2.05) is 12.1 Å². The molecule has 7 N–H and O–H groups in total. The van der Waals surface area contributed by atoms with Crippen LogP contribution in [-0.2, 0) is 18.2 Å². The number of aryl methyl sites for hydroxylation is 1. The van der Waals surface area contributed by atoms with Crippen LogP contribution in [-0.4, -0.2) is 25.6 Å². The van der Waals surface area contributed by atoms with Crippen molar-refractivity contribution in [1.82, 2.24) is 14.8 Å². The maximum absolute atomic E-state index is 12.6. The van der Waals surface area contributed by atoms with Crippen LogP contribution in [0.5, 0.6) is 0 Å². The number of hydrogen-bond donors (Lipinski definition) is 5. The van der Waals surface area contributed by atoms with Crippen molar-refractivity contribution < 1.29 is 4.55 Å². The summed E-state index contributed by atoms with van der Waals surface area (Å²) in [6.07, 6.45) is 4.89. The zero-order valence-electron chi connectivity index (χ0n) is 16.3. The van der Waals surface area contributed by atoms with E-state index in [4.69, 9.17) is 11.5 Å². The second kappa shape index (κ2) is 8.33. The molecule has 0 spiro atoms. The largest absolute Gasteiger partial charge is 0.612 e. The van der Waals surface area contributed by atoms with E-state index in [1.54, 1.807) is 50.6 Å². The minimum Gasteiger partial charge on any atom is -0.612 e. The highest BCUT2D eigenvalue weighted by Crippen LogP contribution is 2.29. The van der Waals surface area contributed by atoms with Gasteiger partial charge in [-0.15, -0.1) is 0 Å². The molecule has 0 amide bonds. The molecule has 1 aromatic carbocycles. The number of aromatic amines is 1. The predicted molar refractivity (Wildman–Crippen MR) is 117 cm³/mol. The van der Waals surface area contributed by atoms with Gasteiger partial charge in [0.1, 0.15) is 23.3 Å². The number of para-hydroxylation sites is 1. The fraction of sp³-hybridized carbons (Fsp3) is 0.158. The van der Waals surface area contributed by atoms with Gasteiger partial charge in [0.05, 0.1) is 11.4 Å². The first-order valence-electron chi connectivity index (χ1n) is 8.72. The van der Waals surface area contributed by atoms with Crippen LogP contribution in [0.4, 0.5) is 17.2 Å². The number of pyridine rings is 1. The third kappa shape index (κ3) is 4.55. The average Bonchev–Trinajstić information content (AvgIpc) is 2.94. The van der Waals surface area contributed by atoms with E-state index in [1.165, 1.54) is 4.68 Å². The Morgan fingerprint density at radius 2 is 2.00 bits per heavy atom. The van der Waals surface area contributed by atoms with Crippen LogP contribution in [0.15, 0.2) is 63.7 Å². The van der Waals surface area contributed by atoms with Gasteiger partial charge < -0.3 is 26.7 Å². The van der Waals surface area contributed by atoms with Crippen LogP contribution in [0, 0.1) is 0 Å². The first kappa shape index (κ1) is 20.4. The van der Waals surface area contributed by atoms with Crippen LogP contribution >= 0.6 is 0 Å². The van der Waals surface area contributed by atoms with Gasteiger partial charge in [-0.05, 0) is 42.4 Å². The van der Waals surface area contributed by atoms with E-state index in [9.17, 15) is 9.35 Å². The maximum Gasteiger partial charge on any atom is 0.277 e. The van der Waals surface area contributed by atoms with E-state index in [2.05, 4.69) is 20.7 Å². The standard InChI is InChI=1S/C19H23N7O2S/c1-11(20)8-9-15(21)23-16-10-13(17-18(24-16)25-26(2)19(17)27)22-12-6-4-5-7-14(12)29(3)28/h4-10H,20-21H2,1-3H3,(H3,22,23,24,25)/b11-8-,15-9+. The third-order valence-electron chi connectivity index (χ3n) is 4.08. The second-order valence-electron chi connectivity index (χ2n) is 6.49. The van der Waals surface area contributed by atoms with E-state index in [0.717, 1.165) is 0 Å². The molecule has 1 unspecified atom stereocenters. The van der Waals surface area contributed by atoms with Gasteiger partial charge in [-0.1, -0.05) is 12.1 Å². The first-order chi connectivity index (χ1) is 13.8. The number of aromatic nitrogens is 3. The van der Waals surface area contributed by atoms with Crippen molar-refractivity contribution in [3.05, 3.63) is 64.4 Å². The normalized spacial score (nSPS) is 13.5. The van der Waals surface area contributed by atoms with E-state index in [-0.39, 0.29) is 5.56 Å². The van der Waals surface area contributed by atoms with Crippen LogP contribution in [0.3, 0.4) is 0 Å². The van der Waals surface area contributed by atoms with Crippen molar-refractivity contribution in [2.24, 2.45) is 18.5 Å². The summed E-state index contributed by atoms with van der Waals surface area (Å²) in [6, 6.07) is 8.88. The summed E-state index contributed by atoms with van der Waals surface area (Å²) in [5.74, 6) is 0.759. The lowest BCUT2D eigenvalue weighted by molar-refractivity contribution is 0.601. The quantitative estimate of drug-likeness (QED) is 0.305. The van der Waals surface area contributed by atoms with Crippen molar-refractivity contribution in [2.45, 2.75) is 11.8 Å². The Labute approximate surface area is 170 Å². The number of rotatable bonds is 6. The molecule has 0 saturated heterocycles. The van der Waals surface area contributed by atoms with E-state index in [0.29, 0.717) is 44.6 Å². The number of nitrogens with two attached hydrogens (primary N) is 2. The molecule has 2 aromatic heterocycles. The SMILES string of the molecule is C/C(N)=C/C=C(\N)Nc1cc(Nc2ccccc2[S+](C)[O-])c2c(=O)n(C)[nH]c2n1. The molecule has 0 aliphatic heterocycles. The fourth-order valence-electron chi connectivity index (χ4n) is 2.76. The fourth-order valence-corrected chi connectivity index (χ4v) is 3.46. The molecule has 0 aliphatic rings. The highest BCUT2D eigenvalue weighted by Gasteiger charge is 2.17. The average molecular weight is 414 g/mol. The summed E-state index contributed by atoms with van der Waals surface area (Å²) in [4.78, 5) is 17.6. The summed E-state index contributed by atoms with van der Waals surface area (Å²) in [5.41, 5.74) is 13.5. The Kier molecular flexibility index (Phi) is 5.85. The molecule has 3 aromatic rings. The Balaban J connectivity index is 2.09. The van der Waals surface area contributed by atoms with E-state index < -0.39 is 11.2 Å². The number of allylic oxidation sites excluding steroid dienone is 3. The molecule has 1 atom stereocenters. The number of hydrogen-bond acceptors (Lipinski definition) is 7. The van der Waals surface area contributed by atoms with Gasteiger partial charge in [0.25, 0.3) is 5.56 Å². The van der Waals surface area contributed by atoms with Crippen molar-refractivity contribution in [2.75, 3.05) is 16.9 Å². The summed E-state index contributed by atoms with van der Waals surface area (Å²) in [6.45, 7) is 1.75. The molecule has 0 aliphatic carbocycles. The smallest absolute Gasteiger partial charge is 0.277 e. The number of H-pyrrole nitrogens is 1. The Morgan fingerprint density at radius 3 is 2.69 bits per heavy atom. The number of anilines is 3. The molecular formula is C19H23N7O2S. The predicted octanol–water partition coefficient (Wildman–Crippen LogP) is 1.82. The summed E-state index contributed by atoms with van der Waals surface area (Å²) < 4.78 is 13.4. The third-order valence-corrected chi connectivity index (χ3v) is 5.05. The maximum atomic E-state index is 12.6. The monoisotopic (exact) mass is 413 g/mol. The topological polar surface area (TPSA) is 150 Å². The molecule has 0 bridgehead atoms. The Morgan fingerprint density at radius 1 is 1.28 bits per heavy atom. The van der Waals surface area contributed by atoms with Crippen molar-refractivity contribution in [1.29, 1.82) is 0 Å². The molecule has 0 radical (unpaired) electrons. The van der Waals surface area contributed by atoms with Crippen molar-refractivity contribution >= 4 is 39.4 Å². The molecule has 2 heterocycles. The summed E-state index contributed by atoms with van der Waals surface area (Å²) >= 11 is -1.20. The van der Waals surface area contributed by atoms with Crippen LogP contribution in [0.2, 0.25) is 0 Å². The highest BCUT2D eigenvalue weighted by atomic mass is 32.2. The minimum atomic E-state index is -1.20. The molecule has 0 saturated carbocycles. The molecular weight excluding hydrogens is 390 g/mol. The van der Waals surface area contributed by atoms with Gasteiger partial charge in [-0.2, -0.15) is 0 Å².